The van der Waals surface area contributed by atoms with E-state index in [1.807, 2.05) is 38.1 Å². The molecule has 0 amide bonds. The molecule has 0 bridgehead atoms. The van der Waals surface area contributed by atoms with Gasteiger partial charge in [0, 0.05) is 5.56 Å². The van der Waals surface area contributed by atoms with Crippen LogP contribution in [0.4, 0.5) is 10.2 Å². The molecule has 0 spiro atoms. The second-order valence-corrected chi connectivity index (χ2v) is 8.97. The van der Waals surface area contributed by atoms with Gasteiger partial charge < -0.3 is 10.2 Å². The third-order valence-electron chi connectivity index (χ3n) is 6.53. The van der Waals surface area contributed by atoms with E-state index in [9.17, 15) is 9.18 Å². The van der Waals surface area contributed by atoms with E-state index in [4.69, 9.17) is 15.2 Å². The van der Waals surface area contributed by atoms with Crippen molar-refractivity contribution in [1.82, 2.24) is 19.7 Å². The highest BCUT2D eigenvalue weighted by atomic mass is 19.1. The van der Waals surface area contributed by atoms with E-state index in [2.05, 4.69) is 9.97 Å². The van der Waals surface area contributed by atoms with Crippen LogP contribution >= 0.6 is 0 Å². The third-order valence-corrected chi connectivity index (χ3v) is 6.53. The summed E-state index contributed by atoms with van der Waals surface area (Å²) >= 11 is 0. The molecule has 3 aromatic carbocycles. The normalized spacial score (nSPS) is 12.3. The van der Waals surface area contributed by atoms with Gasteiger partial charge in [0.1, 0.15) is 41.0 Å². The number of nitrogens with zero attached hydrogens (tertiary/aromatic N) is 4. The number of rotatable bonds is 4. The lowest BCUT2D eigenvalue weighted by Crippen LogP contribution is -2.16. The van der Waals surface area contributed by atoms with Gasteiger partial charge in [-0.2, -0.15) is 5.10 Å². The van der Waals surface area contributed by atoms with Gasteiger partial charge in [-0.3, -0.25) is 4.79 Å². The minimum atomic E-state index is -0.591. The van der Waals surface area contributed by atoms with Crippen molar-refractivity contribution in [2.45, 2.75) is 19.9 Å². The molecule has 7 nitrogen and oxygen atoms in total. The van der Waals surface area contributed by atoms with Gasteiger partial charge >= 0.3 is 0 Å². The van der Waals surface area contributed by atoms with E-state index in [1.165, 1.54) is 18.5 Å². The van der Waals surface area contributed by atoms with Gasteiger partial charge in [-0.25, -0.2) is 19.0 Å². The molecule has 3 aromatic heterocycles. The van der Waals surface area contributed by atoms with E-state index in [0.717, 1.165) is 11.1 Å². The standard InChI is InChI=1S/C29H22FN5O2/c1-16-10-12-18(13-11-16)25-24-28(31)32-15-33-29(24)35(34-25)17(2)27-23(19-6-5-7-20(30)14-19)26(36)21-8-3-4-9-22(21)37-27/h3-15,17H,1-2H3,(H2,31,32,33). The maximum atomic E-state index is 14.2. The molecule has 1 atom stereocenters. The van der Waals surface area contributed by atoms with Crippen LogP contribution in [0.1, 0.15) is 24.3 Å². The lowest BCUT2D eigenvalue weighted by Gasteiger charge is -2.17. The lowest BCUT2D eigenvalue weighted by molar-refractivity contribution is 0.446. The number of aromatic nitrogens is 4. The van der Waals surface area contributed by atoms with Gasteiger partial charge in [-0.1, -0.05) is 54.1 Å². The second-order valence-electron chi connectivity index (χ2n) is 8.97. The molecule has 1 unspecified atom stereocenters. The summed E-state index contributed by atoms with van der Waals surface area (Å²) in [7, 11) is 0. The molecule has 0 saturated heterocycles. The lowest BCUT2D eigenvalue weighted by atomic mass is 9.99. The summed E-state index contributed by atoms with van der Waals surface area (Å²) in [4.78, 5) is 22.4. The van der Waals surface area contributed by atoms with Crippen molar-refractivity contribution in [3.8, 4) is 22.4 Å². The molecule has 2 N–H and O–H groups in total. The highest BCUT2D eigenvalue weighted by molar-refractivity contribution is 5.98. The maximum Gasteiger partial charge on any atom is 0.200 e. The first-order chi connectivity index (χ1) is 17.9. The summed E-state index contributed by atoms with van der Waals surface area (Å²) in [5, 5.41) is 5.90. The Morgan fingerprint density at radius 1 is 0.973 bits per heavy atom. The summed E-state index contributed by atoms with van der Waals surface area (Å²) in [6, 6.07) is 20.3. The zero-order valence-corrected chi connectivity index (χ0v) is 20.1. The molecule has 0 radical (unpaired) electrons. The van der Waals surface area contributed by atoms with Gasteiger partial charge in [-0.15, -0.1) is 0 Å². The quantitative estimate of drug-likeness (QED) is 0.329. The number of benzene rings is 3. The Bertz CT molecular complexity index is 1860. The molecule has 0 aliphatic heterocycles. The fraction of sp³-hybridized carbons (Fsp3) is 0.103. The van der Waals surface area contributed by atoms with Gasteiger partial charge in [0.25, 0.3) is 0 Å². The molecular weight excluding hydrogens is 469 g/mol. The minimum Gasteiger partial charge on any atom is -0.458 e. The largest absolute Gasteiger partial charge is 0.458 e. The molecule has 8 heteroatoms. The fourth-order valence-electron chi connectivity index (χ4n) is 4.66. The van der Waals surface area contributed by atoms with Crippen LogP contribution in [0, 0.1) is 12.7 Å². The number of halogens is 1. The van der Waals surface area contributed by atoms with Crippen molar-refractivity contribution in [2.24, 2.45) is 0 Å². The van der Waals surface area contributed by atoms with Crippen molar-refractivity contribution in [3.63, 3.8) is 0 Å². The zero-order valence-electron chi connectivity index (χ0n) is 20.1. The first-order valence-corrected chi connectivity index (χ1v) is 11.8. The molecular formula is C29H22FN5O2. The average molecular weight is 492 g/mol. The number of anilines is 1. The summed E-state index contributed by atoms with van der Waals surface area (Å²) in [5.41, 5.74) is 10.3. The summed E-state index contributed by atoms with van der Waals surface area (Å²) in [6.07, 6.45) is 1.38. The molecule has 0 aliphatic rings. The van der Waals surface area contributed by atoms with Gasteiger partial charge in [0.15, 0.2) is 5.65 Å². The van der Waals surface area contributed by atoms with E-state index in [1.54, 1.807) is 41.1 Å². The smallest absolute Gasteiger partial charge is 0.200 e. The molecule has 0 saturated carbocycles. The predicted molar refractivity (Wildman–Crippen MR) is 142 cm³/mol. The minimum absolute atomic E-state index is 0.251. The summed E-state index contributed by atoms with van der Waals surface area (Å²) in [5.74, 6) is 0.186. The number of nitrogens with two attached hydrogens (primary N) is 1. The topological polar surface area (TPSA) is 99.8 Å². The van der Waals surface area contributed by atoms with Gasteiger partial charge in [0.05, 0.1) is 16.3 Å². The maximum absolute atomic E-state index is 14.2. The number of aryl methyl sites for hydroxylation is 1. The Balaban J connectivity index is 1.64. The number of para-hydroxylation sites is 1. The Morgan fingerprint density at radius 2 is 1.76 bits per heavy atom. The number of hydrogen-bond donors (Lipinski definition) is 1. The third kappa shape index (κ3) is 3.74. The Morgan fingerprint density at radius 3 is 2.54 bits per heavy atom. The van der Waals surface area contributed by atoms with Crippen LogP contribution in [0.25, 0.3) is 44.4 Å². The van der Waals surface area contributed by atoms with Crippen LogP contribution in [0.2, 0.25) is 0 Å². The molecule has 6 rings (SSSR count). The van der Waals surface area contributed by atoms with Crippen molar-refractivity contribution >= 4 is 27.8 Å². The Hall–Kier alpha value is -4.85. The first-order valence-electron chi connectivity index (χ1n) is 11.8. The van der Waals surface area contributed by atoms with Gasteiger partial charge in [-0.05, 0) is 43.7 Å². The fourth-order valence-corrected chi connectivity index (χ4v) is 4.66. The predicted octanol–water partition coefficient (Wildman–Crippen LogP) is 5.91. The molecule has 182 valence electrons. The Kier molecular flexibility index (Phi) is 5.30. The number of hydrogen-bond acceptors (Lipinski definition) is 6. The van der Waals surface area contributed by atoms with E-state index < -0.39 is 11.9 Å². The van der Waals surface area contributed by atoms with Crippen LogP contribution in [0.3, 0.4) is 0 Å². The average Bonchev–Trinajstić information content (AvgIpc) is 3.29. The Labute approximate surface area is 211 Å². The number of nitrogen functional groups attached to an aromatic ring is 1. The van der Waals surface area contributed by atoms with Crippen LogP contribution in [-0.2, 0) is 0 Å². The van der Waals surface area contributed by atoms with E-state index >= 15 is 0 Å². The molecule has 37 heavy (non-hydrogen) atoms. The van der Waals surface area contributed by atoms with E-state index in [-0.39, 0.29) is 11.0 Å². The molecule has 0 aliphatic carbocycles. The van der Waals surface area contributed by atoms with Gasteiger partial charge in [0.2, 0.25) is 5.43 Å². The summed E-state index contributed by atoms with van der Waals surface area (Å²) < 4.78 is 22.3. The SMILES string of the molecule is Cc1ccc(-c2nn(C(C)c3oc4ccccc4c(=O)c3-c3cccc(F)c3)c3ncnc(N)c23)cc1. The monoisotopic (exact) mass is 491 g/mol. The van der Waals surface area contributed by atoms with Crippen LogP contribution in [-0.4, -0.2) is 19.7 Å². The first kappa shape index (κ1) is 22.6. The summed E-state index contributed by atoms with van der Waals surface area (Å²) in [6.45, 7) is 3.87. The molecule has 3 heterocycles. The van der Waals surface area contributed by atoms with Crippen molar-refractivity contribution in [3.05, 3.63) is 106 Å². The van der Waals surface area contributed by atoms with Crippen molar-refractivity contribution in [1.29, 1.82) is 0 Å². The molecule has 0 fully saturated rings. The van der Waals surface area contributed by atoms with Crippen LogP contribution in [0.5, 0.6) is 0 Å². The highest BCUT2D eigenvalue weighted by Crippen LogP contribution is 2.36. The van der Waals surface area contributed by atoms with Crippen molar-refractivity contribution in [2.75, 3.05) is 5.73 Å². The molecule has 6 aromatic rings. The number of fused-ring (bicyclic) bond motifs is 2. The van der Waals surface area contributed by atoms with E-state index in [0.29, 0.717) is 44.8 Å². The second kappa shape index (κ2) is 8.67. The van der Waals surface area contributed by atoms with Crippen molar-refractivity contribution < 1.29 is 8.81 Å². The highest BCUT2D eigenvalue weighted by Gasteiger charge is 2.27. The van der Waals surface area contributed by atoms with Crippen LogP contribution < -0.4 is 11.2 Å². The van der Waals surface area contributed by atoms with Crippen LogP contribution in [0.15, 0.2) is 88.3 Å². The zero-order chi connectivity index (χ0) is 25.7.